The first-order chi connectivity index (χ1) is 13.9. The SMILES string of the molecule is CC(C)CCN1C[C@H]2C(=O)NC3(CCN(C(=O)Cc4ccccc4Cl)CC3)[C@H]2C1. The van der Waals surface area contributed by atoms with E-state index in [1.54, 1.807) is 0 Å². The molecule has 0 aliphatic carbocycles. The molecule has 29 heavy (non-hydrogen) atoms. The molecule has 2 atom stereocenters. The molecule has 1 N–H and O–H groups in total. The smallest absolute Gasteiger partial charge is 0.227 e. The Kier molecular flexibility index (Phi) is 5.90. The van der Waals surface area contributed by atoms with Crippen LogP contribution in [0.3, 0.4) is 0 Å². The molecule has 3 saturated heterocycles. The summed E-state index contributed by atoms with van der Waals surface area (Å²) < 4.78 is 0. The molecular formula is C23H32ClN3O2. The Hall–Kier alpha value is -1.59. The first-order valence-corrected chi connectivity index (χ1v) is 11.3. The number of hydrogen-bond acceptors (Lipinski definition) is 3. The zero-order valence-corrected chi connectivity index (χ0v) is 18.3. The highest BCUT2D eigenvalue weighted by molar-refractivity contribution is 6.31. The highest BCUT2D eigenvalue weighted by atomic mass is 35.5. The third kappa shape index (κ3) is 4.17. The van der Waals surface area contributed by atoms with Crippen LogP contribution >= 0.6 is 11.6 Å². The molecule has 0 radical (unpaired) electrons. The van der Waals surface area contributed by atoms with Crippen LogP contribution in [0.4, 0.5) is 0 Å². The molecule has 0 saturated carbocycles. The van der Waals surface area contributed by atoms with Crippen molar-refractivity contribution in [2.45, 2.75) is 45.1 Å². The Morgan fingerprint density at radius 2 is 1.97 bits per heavy atom. The fourth-order valence-electron chi connectivity index (χ4n) is 5.33. The minimum Gasteiger partial charge on any atom is -0.350 e. The van der Waals surface area contributed by atoms with Crippen LogP contribution in [0.15, 0.2) is 24.3 Å². The van der Waals surface area contributed by atoms with E-state index in [4.69, 9.17) is 11.6 Å². The number of carbonyl (C=O) groups is 2. The molecule has 0 unspecified atom stereocenters. The molecule has 158 valence electrons. The third-order valence-electron chi connectivity index (χ3n) is 7.14. The quantitative estimate of drug-likeness (QED) is 0.801. The van der Waals surface area contributed by atoms with Crippen LogP contribution in [-0.4, -0.2) is 59.9 Å². The molecule has 5 nitrogen and oxygen atoms in total. The van der Waals surface area contributed by atoms with Crippen LogP contribution in [0.25, 0.3) is 0 Å². The Bertz CT molecular complexity index is 773. The molecule has 3 aliphatic rings. The minimum atomic E-state index is -0.129. The summed E-state index contributed by atoms with van der Waals surface area (Å²) >= 11 is 6.22. The number of carbonyl (C=O) groups excluding carboxylic acids is 2. The largest absolute Gasteiger partial charge is 0.350 e. The maximum atomic E-state index is 12.8. The lowest BCUT2D eigenvalue weighted by atomic mass is 9.75. The maximum Gasteiger partial charge on any atom is 0.227 e. The van der Waals surface area contributed by atoms with Crippen LogP contribution in [0, 0.1) is 17.8 Å². The molecule has 1 spiro atoms. The number of amides is 2. The fourth-order valence-corrected chi connectivity index (χ4v) is 5.53. The van der Waals surface area contributed by atoms with E-state index >= 15 is 0 Å². The fraction of sp³-hybridized carbons (Fsp3) is 0.652. The lowest BCUT2D eigenvalue weighted by Crippen LogP contribution is -2.56. The number of nitrogens with zero attached hydrogens (tertiary/aromatic N) is 2. The van der Waals surface area contributed by atoms with E-state index in [9.17, 15) is 9.59 Å². The van der Waals surface area contributed by atoms with Crippen molar-refractivity contribution in [2.24, 2.45) is 17.8 Å². The van der Waals surface area contributed by atoms with Crippen molar-refractivity contribution < 1.29 is 9.59 Å². The number of benzene rings is 1. The summed E-state index contributed by atoms with van der Waals surface area (Å²) in [5, 5.41) is 4.00. The molecule has 1 aromatic carbocycles. The summed E-state index contributed by atoms with van der Waals surface area (Å²) in [6, 6.07) is 7.54. The van der Waals surface area contributed by atoms with Gasteiger partial charge in [0.05, 0.1) is 12.3 Å². The number of piperidine rings is 1. The standard InChI is InChI=1S/C23H32ClN3O2/c1-16(2)7-10-26-14-18-19(15-26)23(25-22(18)29)8-11-27(12-9-23)21(28)13-17-5-3-4-6-20(17)24/h3-6,16,18-19H,7-15H2,1-2H3,(H,25,29)/t18-,19+/m1/s1. The zero-order chi connectivity index (χ0) is 20.6. The van der Waals surface area contributed by atoms with E-state index < -0.39 is 0 Å². The van der Waals surface area contributed by atoms with Gasteiger partial charge in [0.1, 0.15) is 0 Å². The van der Waals surface area contributed by atoms with E-state index in [1.165, 1.54) is 6.42 Å². The van der Waals surface area contributed by atoms with Gasteiger partial charge in [-0.1, -0.05) is 43.6 Å². The topological polar surface area (TPSA) is 52.7 Å². The van der Waals surface area contributed by atoms with Gasteiger partial charge in [0.2, 0.25) is 11.8 Å². The van der Waals surface area contributed by atoms with Gasteiger partial charge in [-0.15, -0.1) is 0 Å². The maximum absolute atomic E-state index is 12.8. The average molecular weight is 418 g/mol. The van der Waals surface area contributed by atoms with E-state index in [1.807, 2.05) is 29.2 Å². The van der Waals surface area contributed by atoms with E-state index in [0.717, 1.165) is 38.0 Å². The molecule has 3 aliphatic heterocycles. The van der Waals surface area contributed by atoms with Gasteiger partial charge in [-0.05, 0) is 43.4 Å². The van der Waals surface area contributed by atoms with Gasteiger partial charge in [-0.3, -0.25) is 9.59 Å². The molecule has 0 aromatic heterocycles. The molecular weight excluding hydrogens is 386 g/mol. The third-order valence-corrected chi connectivity index (χ3v) is 7.51. The number of nitrogens with one attached hydrogen (secondary N) is 1. The summed E-state index contributed by atoms with van der Waals surface area (Å²) in [4.78, 5) is 29.9. The van der Waals surface area contributed by atoms with Gasteiger partial charge in [0, 0.05) is 42.7 Å². The van der Waals surface area contributed by atoms with Crippen LogP contribution in [0.5, 0.6) is 0 Å². The Balaban J connectivity index is 1.36. The van der Waals surface area contributed by atoms with Crippen LogP contribution in [-0.2, 0) is 16.0 Å². The van der Waals surface area contributed by atoms with Crippen LogP contribution in [0.1, 0.15) is 38.7 Å². The Morgan fingerprint density at radius 1 is 1.24 bits per heavy atom. The molecule has 1 aromatic rings. The average Bonchev–Trinajstić information content (AvgIpc) is 3.23. The Labute approximate surface area is 178 Å². The number of likely N-dealkylation sites (tertiary alicyclic amines) is 2. The second-order valence-corrected chi connectivity index (χ2v) is 9.86. The lowest BCUT2D eigenvalue weighted by Gasteiger charge is -2.43. The second kappa shape index (κ2) is 8.27. The van der Waals surface area contributed by atoms with Crippen molar-refractivity contribution in [1.29, 1.82) is 0 Å². The van der Waals surface area contributed by atoms with E-state index in [2.05, 4.69) is 24.1 Å². The second-order valence-electron chi connectivity index (χ2n) is 9.45. The van der Waals surface area contributed by atoms with Gasteiger partial charge >= 0.3 is 0 Å². The van der Waals surface area contributed by atoms with Crippen molar-refractivity contribution in [2.75, 3.05) is 32.7 Å². The number of halogens is 1. The molecule has 6 heteroatoms. The van der Waals surface area contributed by atoms with Gasteiger partial charge < -0.3 is 15.1 Å². The van der Waals surface area contributed by atoms with Gasteiger partial charge in [0.15, 0.2) is 0 Å². The first kappa shape index (κ1) is 20.7. The lowest BCUT2D eigenvalue weighted by molar-refractivity contribution is -0.132. The van der Waals surface area contributed by atoms with Crippen molar-refractivity contribution >= 4 is 23.4 Å². The summed E-state index contributed by atoms with van der Waals surface area (Å²) in [5.74, 6) is 1.53. The summed E-state index contributed by atoms with van der Waals surface area (Å²) in [6.07, 6.45) is 3.23. The van der Waals surface area contributed by atoms with Crippen molar-refractivity contribution in [3.63, 3.8) is 0 Å². The Morgan fingerprint density at radius 3 is 2.66 bits per heavy atom. The van der Waals surface area contributed by atoms with Gasteiger partial charge in [-0.2, -0.15) is 0 Å². The first-order valence-electron chi connectivity index (χ1n) is 10.9. The minimum absolute atomic E-state index is 0.118. The normalized spacial score (nSPS) is 26.2. The molecule has 3 heterocycles. The van der Waals surface area contributed by atoms with Gasteiger partial charge in [-0.25, -0.2) is 0 Å². The summed E-state index contributed by atoms with van der Waals surface area (Å²) in [5.41, 5.74) is 0.750. The van der Waals surface area contributed by atoms with Crippen molar-refractivity contribution in [1.82, 2.24) is 15.1 Å². The highest BCUT2D eigenvalue weighted by Gasteiger charge is 2.57. The van der Waals surface area contributed by atoms with E-state index in [-0.39, 0.29) is 23.3 Å². The summed E-state index contributed by atoms with van der Waals surface area (Å²) in [6.45, 7) is 8.89. The van der Waals surface area contributed by atoms with Crippen molar-refractivity contribution in [3.05, 3.63) is 34.9 Å². The molecule has 2 amide bonds. The predicted octanol–water partition coefficient (Wildman–Crippen LogP) is 2.97. The molecule has 4 rings (SSSR count). The zero-order valence-electron chi connectivity index (χ0n) is 17.5. The monoisotopic (exact) mass is 417 g/mol. The van der Waals surface area contributed by atoms with Crippen molar-refractivity contribution in [3.8, 4) is 0 Å². The number of rotatable bonds is 5. The highest BCUT2D eigenvalue weighted by Crippen LogP contribution is 2.44. The van der Waals surface area contributed by atoms with Crippen LogP contribution in [0.2, 0.25) is 5.02 Å². The van der Waals surface area contributed by atoms with Crippen LogP contribution < -0.4 is 5.32 Å². The van der Waals surface area contributed by atoms with E-state index in [0.29, 0.717) is 36.4 Å². The molecule has 3 fully saturated rings. The predicted molar refractivity (Wildman–Crippen MR) is 115 cm³/mol. The molecule has 0 bridgehead atoms. The number of hydrogen-bond donors (Lipinski definition) is 1. The number of fused-ring (bicyclic) bond motifs is 2. The summed E-state index contributed by atoms with van der Waals surface area (Å²) in [7, 11) is 0. The van der Waals surface area contributed by atoms with Gasteiger partial charge in [0.25, 0.3) is 0 Å².